The van der Waals surface area contributed by atoms with Crippen LogP contribution in [0, 0.1) is 6.92 Å². The molecule has 3 heterocycles. The van der Waals surface area contributed by atoms with Crippen LogP contribution in [-0.2, 0) is 20.8 Å². The number of aryl methyl sites for hydroxylation is 1. The molecular formula is C22H27N5O5. The molecule has 0 spiro atoms. The first-order valence-electron chi connectivity index (χ1n) is 10.8. The van der Waals surface area contributed by atoms with Crippen LogP contribution in [-0.4, -0.2) is 67.4 Å². The zero-order valence-corrected chi connectivity index (χ0v) is 18.3. The molecule has 170 valence electrons. The average Bonchev–Trinajstić information content (AvgIpc) is 3.42. The van der Waals surface area contributed by atoms with E-state index in [1.807, 2.05) is 51.1 Å². The van der Waals surface area contributed by atoms with Crippen molar-refractivity contribution in [3.63, 3.8) is 0 Å². The second kappa shape index (κ2) is 8.36. The Balaban J connectivity index is 1.46. The number of aliphatic hydroxyl groups is 1. The van der Waals surface area contributed by atoms with Crippen molar-refractivity contribution in [1.82, 2.24) is 25.0 Å². The van der Waals surface area contributed by atoms with Crippen molar-refractivity contribution in [2.24, 2.45) is 0 Å². The van der Waals surface area contributed by atoms with Gasteiger partial charge in [-0.15, -0.1) is 5.10 Å². The fraction of sp³-hybridized carbons (Fsp3) is 0.545. The minimum atomic E-state index is -0.736. The summed E-state index contributed by atoms with van der Waals surface area (Å²) in [7, 11) is 0. The number of rotatable bonds is 7. The number of hydrogen-bond donors (Lipinski definition) is 1. The summed E-state index contributed by atoms with van der Waals surface area (Å²) in [6.45, 7) is 6.13. The fourth-order valence-electron chi connectivity index (χ4n) is 4.47. The van der Waals surface area contributed by atoms with Gasteiger partial charge in [0.2, 0.25) is 5.88 Å². The predicted molar refractivity (Wildman–Crippen MR) is 113 cm³/mol. The first-order valence-corrected chi connectivity index (χ1v) is 10.8. The molecule has 0 amide bonds. The van der Waals surface area contributed by atoms with E-state index < -0.39 is 5.79 Å². The van der Waals surface area contributed by atoms with E-state index >= 15 is 0 Å². The molecule has 0 bridgehead atoms. The van der Waals surface area contributed by atoms with Crippen LogP contribution in [0.4, 0.5) is 0 Å². The lowest BCUT2D eigenvalue weighted by Gasteiger charge is -2.23. The summed E-state index contributed by atoms with van der Waals surface area (Å²) >= 11 is 0. The third-order valence-electron chi connectivity index (χ3n) is 5.74. The first kappa shape index (κ1) is 21.2. The molecule has 2 fully saturated rings. The van der Waals surface area contributed by atoms with Crippen molar-refractivity contribution in [1.29, 1.82) is 0 Å². The topological polar surface area (TPSA) is 114 Å². The van der Waals surface area contributed by atoms with E-state index in [0.717, 1.165) is 5.56 Å². The maximum absolute atomic E-state index is 9.20. The Labute approximate surface area is 185 Å². The van der Waals surface area contributed by atoms with Crippen LogP contribution in [0.15, 0.2) is 30.3 Å². The molecule has 10 nitrogen and oxygen atoms in total. The molecule has 1 aromatic carbocycles. The summed E-state index contributed by atoms with van der Waals surface area (Å²) in [6, 6.07) is 9.69. The number of aromatic nitrogens is 5. The van der Waals surface area contributed by atoms with Gasteiger partial charge in [0.25, 0.3) is 0 Å². The first-order chi connectivity index (χ1) is 15.4. The van der Waals surface area contributed by atoms with Crippen LogP contribution in [0.2, 0.25) is 0 Å². The molecule has 32 heavy (non-hydrogen) atoms. The molecule has 2 aliphatic rings. The molecular weight excluding hydrogens is 414 g/mol. The molecule has 3 aromatic rings. The van der Waals surface area contributed by atoms with E-state index in [4.69, 9.17) is 18.9 Å². The van der Waals surface area contributed by atoms with Crippen LogP contribution < -0.4 is 4.74 Å². The van der Waals surface area contributed by atoms with Gasteiger partial charge in [-0.25, -0.2) is 9.67 Å². The average molecular weight is 441 g/mol. The highest BCUT2D eigenvalue weighted by molar-refractivity contribution is 5.75. The summed E-state index contributed by atoms with van der Waals surface area (Å²) in [5.74, 6) is 0.227. The van der Waals surface area contributed by atoms with Gasteiger partial charge in [-0.05, 0) is 26.3 Å². The summed E-state index contributed by atoms with van der Waals surface area (Å²) in [5, 5.41) is 17.9. The van der Waals surface area contributed by atoms with Crippen molar-refractivity contribution in [3.8, 4) is 5.88 Å². The van der Waals surface area contributed by atoms with E-state index in [1.54, 1.807) is 4.68 Å². The molecule has 1 saturated carbocycles. The van der Waals surface area contributed by atoms with Crippen LogP contribution in [0.5, 0.6) is 5.88 Å². The number of nitrogens with zero attached hydrogens (tertiary/aromatic N) is 5. The van der Waals surface area contributed by atoms with Crippen molar-refractivity contribution in [2.75, 3.05) is 13.2 Å². The van der Waals surface area contributed by atoms with Gasteiger partial charge in [0.15, 0.2) is 17.0 Å². The predicted octanol–water partition coefficient (Wildman–Crippen LogP) is 1.95. The molecule has 10 heteroatoms. The van der Waals surface area contributed by atoms with Gasteiger partial charge < -0.3 is 24.1 Å². The zero-order valence-electron chi connectivity index (χ0n) is 18.3. The Morgan fingerprint density at radius 3 is 2.72 bits per heavy atom. The second-order valence-corrected chi connectivity index (χ2v) is 8.56. The van der Waals surface area contributed by atoms with Crippen molar-refractivity contribution >= 4 is 11.2 Å². The van der Waals surface area contributed by atoms with E-state index in [1.165, 1.54) is 0 Å². The van der Waals surface area contributed by atoms with Crippen LogP contribution in [0.3, 0.4) is 0 Å². The number of aliphatic hydroxyl groups excluding tert-OH is 1. The van der Waals surface area contributed by atoms with Gasteiger partial charge in [0.05, 0.1) is 25.4 Å². The fourth-order valence-corrected chi connectivity index (χ4v) is 4.47. The third-order valence-corrected chi connectivity index (χ3v) is 5.74. The third kappa shape index (κ3) is 3.95. The Bertz CT molecular complexity index is 1090. The van der Waals surface area contributed by atoms with Crippen molar-refractivity contribution in [3.05, 3.63) is 41.7 Å². The van der Waals surface area contributed by atoms with Crippen LogP contribution >= 0.6 is 0 Å². The Kier molecular flexibility index (Phi) is 5.54. The maximum atomic E-state index is 9.20. The van der Waals surface area contributed by atoms with Gasteiger partial charge in [-0.2, -0.15) is 4.98 Å². The van der Waals surface area contributed by atoms with E-state index in [0.29, 0.717) is 35.9 Å². The van der Waals surface area contributed by atoms with Gasteiger partial charge in [-0.1, -0.05) is 35.5 Å². The van der Waals surface area contributed by atoms with E-state index in [2.05, 4.69) is 20.3 Å². The lowest BCUT2D eigenvalue weighted by atomic mass is 10.2. The van der Waals surface area contributed by atoms with E-state index in [9.17, 15) is 5.11 Å². The molecule has 1 saturated heterocycles. The number of hydrogen-bond acceptors (Lipinski definition) is 9. The monoisotopic (exact) mass is 441 g/mol. The maximum Gasteiger partial charge on any atom is 0.248 e. The summed E-state index contributed by atoms with van der Waals surface area (Å²) in [4.78, 5) is 9.05. The molecule has 1 N–H and O–H groups in total. The minimum Gasteiger partial charge on any atom is -0.471 e. The standard InChI is InChI=1S/C22H27N5O5/c1-13-23-20-17(21(24-13)30-12-14-7-5-4-6-8-14)25-26-27(20)15-11-16(29-10-9-28)19-18(15)31-22(2,3)32-19/h4-8,15-16,18-19,28H,9-12H2,1-3H3/t15-,16+,18+,19-/m1/s1. The lowest BCUT2D eigenvalue weighted by Crippen LogP contribution is -2.31. The van der Waals surface area contributed by atoms with Crippen molar-refractivity contribution < 1.29 is 24.1 Å². The van der Waals surface area contributed by atoms with Gasteiger partial charge >= 0.3 is 0 Å². The summed E-state index contributed by atoms with van der Waals surface area (Å²) in [5.41, 5.74) is 2.12. The highest BCUT2D eigenvalue weighted by Crippen LogP contribution is 2.45. The highest BCUT2D eigenvalue weighted by atomic mass is 16.8. The molecule has 5 rings (SSSR count). The van der Waals surface area contributed by atoms with E-state index in [-0.39, 0.29) is 37.6 Å². The largest absolute Gasteiger partial charge is 0.471 e. The van der Waals surface area contributed by atoms with Gasteiger partial charge in [-0.3, -0.25) is 0 Å². The smallest absolute Gasteiger partial charge is 0.248 e. The highest BCUT2D eigenvalue weighted by Gasteiger charge is 2.56. The second-order valence-electron chi connectivity index (χ2n) is 8.56. The SMILES string of the molecule is Cc1nc(OCc2ccccc2)c2nnn([C@@H]3C[C@H](OCCO)[C@H]4OC(C)(C)O[C@H]43)c2n1. The molecule has 0 radical (unpaired) electrons. The molecule has 1 aliphatic carbocycles. The lowest BCUT2D eigenvalue weighted by molar-refractivity contribution is -0.171. The van der Waals surface area contributed by atoms with Gasteiger partial charge in [0.1, 0.15) is 24.6 Å². The Morgan fingerprint density at radius 2 is 1.94 bits per heavy atom. The molecule has 4 atom stereocenters. The van der Waals surface area contributed by atoms with Crippen molar-refractivity contribution in [2.45, 2.75) is 63.9 Å². The number of benzene rings is 1. The van der Waals surface area contributed by atoms with Crippen LogP contribution in [0.25, 0.3) is 11.2 Å². The Hall–Kier alpha value is -2.66. The quantitative estimate of drug-likeness (QED) is 0.587. The zero-order chi connectivity index (χ0) is 22.3. The summed E-state index contributed by atoms with van der Waals surface area (Å²) in [6.07, 6.45) is -0.164. The summed E-state index contributed by atoms with van der Waals surface area (Å²) < 4.78 is 25.9. The number of ether oxygens (including phenoxy) is 4. The molecule has 2 aromatic heterocycles. The minimum absolute atomic E-state index is 0.0520. The van der Waals surface area contributed by atoms with Gasteiger partial charge in [0, 0.05) is 6.42 Å². The number of fused-ring (bicyclic) bond motifs is 2. The van der Waals surface area contributed by atoms with Crippen LogP contribution in [0.1, 0.15) is 37.7 Å². The normalized spacial score (nSPS) is 26.5. The Morgan fingerprint density at radius 1 is 1.16 bits per heavy atom. The molecule has 0 unspecified atom stereocenters. The molecule has 1 aliphatic heterocycles.